The summed E-state index contributed by atoms with van der Waals surface area (Å²) in [6, 6.07) is 8.02. The van der Waals surface area contributed by atoms with Crippen molar-refractivity contribution in [3.05, 3.63) is 57.6 Å². The topological polar surface area (TPSA) is 86.3 Å². The first kappa shape index (κ1) is 16.6. The van der Waals surface area contributed by atoms with E-state index >= 15 is 0 Å². The van der Waals surface area contributed by atoms with Gasteiger partial charge in [0.05, 0.1) is 21.6 Å². The number of benzene rings is 2. The van der Waals surface area contributed by atoms with E-state index in [1.807, 2.05) is 0 Å². The van der Waals surface area contributed by atoms with Crippen LogP contribution >= 0.6 is 23.2 Å². The van der Waals surface area contributed by atoms with Crippen LogP contribution in [0.1, 0.15) is 15.9 Å². The highest BCUT2D eigenvalue weighted by atomic mass is 35.5. The summed E-state index contributed by atoms with van der Waals surface area (Å²) in [6.45, 7) is 1.55. The lowest BCUT2D eigenvalue weighted by atomic mass is 10.1. The molecular weight excluding hydrogens is 349 g/mol. The molecule has 5 nitrogen and oxygen atoms in total. The van der Waals surface area contributed by atoms with Gasteiger partial charge in [0.1, 0.15) is 0 Å². The fraction of sp³-hybridized carbons (Fsp3) is 0.0714. The Morgan fingerprint density at radius 3 is 2.45 bits per heavy atom. The molecule has 0 atom stereocenters. The van der Waals surface area contributed by atoms with Crippen molar-refractivity contribution in [2.24, 2.45) is 0 Å². The fourth-order valence-electron chi connectivity index (χ4n) is 1.79. The van der Waals surface area contributed by atoms with Crippen molar-refractivity contribution >= 4 is 44.9 Å². The van der Waals surface area contributed by atoms with Crippen molar-refractivity contribution in [3.8, 4) is 0 Å². The molecule has 0 fully saturated rings. The average molecular weight is 359 g/mol. The summed E-state index contributed by atoms with van der Waals surface area (Å²) < 4.78 is 27.2. The summed E-state index contributed by atoms with van der Waals surface area (Å²) >= 11 is 11.7. The van der Waals surface area contributed by atoms with E-state index in [1.54, 1.807) is 6.92 Å². The third-order valence-electron chi connectivity index (χ3n) is 2.89. The molecule has 0 saturated heterocycles. The van der Waals surface area contributed by atoms with Gasteiger partial charge < -0.3 is 9.90 Å². The molecule has 2 aromatic carbocycles. The number of rotatable bonds is 4. The number of aromatic carboxylic acids is 1. The Morgan fingerprint density at radius 1 is 1.14 bits per heavy atom. The van der Waals surface area contributed by atoms with Gasteiger partial charge in [0.25, 0.3) is 10.0 Å². The normalized spacial score (nSPS) is 11.2. The monoisotopic (exact) mass is 358 g/mol. The van der Waals surface area contributed by atoms with E-state index in [2.05, 4.69) is 4.72 Å². The number of sulfonamides is 1. The summed E-state index contributed by atoms with van der Waals surface area (Å²) in [5, 5.41) is 11.4. The number of anilines is 1. The van der Waals surface area contributed by atoms with Crippen molar-refractivity contribution in [2.75, 3.05) is 4.72 Å². The van der Waals surface area contributed by atoms with Crippen LogP contribution in [0.4, 0.5) is 5.69 Å². The van der Waals surface area contributed by atoms with E-state index in [4.69, 9.17) is 23.2 Å². The number of carbonyl (C=O) groups is 1. The Morgan fingerprint density at radius 2 is 1.82 bits per heavy atom. The standard InChI is InChI=1S/C14H11Cl2NO4S/c1-8-2-3-9(14(18)19)6-13(8)22(20,21)17-12-7-10(15)4-5-11(12)16/h2-7,17H,1H3,(H,18,19)/p-1. The van der Waals surface area contributed by atoms with Crippen LogP contribution in [0.2, 0.25) is 10.0 Å². The van der Waals surface area contributed by atoms with Gasteiger partial charge in [-0.2, -0.15) is 0 Å². The lowest BCUT2D eigenvalue weighted by Crippen LogP contribution is -2.23. The van der Waals surface area contributed by atoms with Gasteiger partial charge in [-0.3, -0.25) is 4.72 Å². The van der Waals surface area contributed by atoms with Crippen molar-refractivity contribution in [1.29, 1.82) is 0 Å². The molecule has 8 heteroatoms. The van der Waals surface area contributed by atoms with Gasteiger partial charge in [-0.1, -0.05) is 35.3 Å². The summed E-state index contributed by atoms with van der Waals surface area (Å²) in [5.74, 6) is -1.46. The summed E-state index contributed by atoms with van der Waals surface area (Å²) in [4.78, 5) is 10.7. The minimum Gasteiger partial charge on any atom is -0.545 e. The number of carboxylic acids is 1. The quantitative estimate of drug-likeness (QED) is 0.909. The van der Waals surface area contributed by atoms with E-state index in [9.17, 15) is 18.3 Å². The number of halogens is 2. The smallest absolute Gasteiger partial charge is 0.262 e. The highest BCUT2D eigenvalue weighted by Gasteiger charge is 2.19. The summed E-state index contributed by atoms with van der Waals surface area (Å²) in [6.07, 6.45) is 0. The first-order valence-corrected chi connectivity index (χ1v) is 8.24. The van der Waals surface area contributed by atoms with Crippen LogP contribution in [0.15, 0.2) is 41.3 Å². The Balaban J connectivity index is 2.49. The molecule has 0 unspecified atom stereocenters. The molecule has 0 aliphatic rings. The van der Waals surface area contributed by atoms with Crippen molar-refractivity contribution < 1.29 is 18.3 Å². The number of hydrogen-bond donors (Lipinski definition) is 1. The van der Waals surface area contributed by atoms with Crippen molar-refractivity contribution in [3.63, 3.8) is 0 Å². The molecule has 22 heavy (non-hydrogen) atoms. The highest BCUT2D eigenvalue weighted by Crippen LogP contribution is 2.28. The molecule has 2 rings (SSSR count). The number of carbonyl (C=O) groups excluding carboxylic acids is 1. The Bertz CT molecular complexity index is 850. The van der Waals surface area contributed by atoms with Crippen LogP contribution in [0.3, 0.4) is 0 Å². The molecule has 0 heterocycles. The zero-order valence-electron chi connectivity index (χ0n) is 11.3. The first-order valence-electron chi connectivity index (χ1n) is 6.00. The molecule has 0 aliphatic heterocycles. The third-order valence-corrected chi connectivity index (χ3v) is 4.96. The predicted molar refractivity (Wildman–Crippen MR) is 82.8 cm³/mol. The molecule has 1 N–H and O–H groups in total. The molecule has 0 amide bonds. The Kier molecular flexibility index (Phi) is 4.65. The maximum absolute atomic E-state index is 12.4. The minimum atomic E-state index is -4.02. The summed E-state index contributed by atoms with van der Waals surface area (Å²) in [5.41, 5.74) is 0.256. The van der Waals surface area contributed by atoms with Crippen LogP contribution in [0.25, 0.3) is 0 Å². The van der Waals surface area contributed by atoms with E-state index < -0.39 is 16.0 Å². The lowest BCUT2D eigenvalue weighted by Gasteiger charge is -2.13. The molecule has 2 aromatic rings. The molecule has 0 aromatic heterocycles. The molecular formula is C14H10Cl2NO4S-. The van der Waals surface area contributed by atoms with Crippen molar-refractivity contribution in [1.82, 2.24) is 0 Å². The van der Waals surface area contributed by atoms with Crippen LogP contribution in [-0.4, -0.2) is 14.4 Å². The van der Waals surface area contributed by atoms with E-state index in [-0.39, 0.29) is 21.2 Å². The van der Waals surface area contributed by atoms with Gasteiger partial charge >= 0.3 is 0 Å². The highest BCUT2D eigenvalue weighted by molar-refractivity contribution is 7.92. The average Bonchev–Trinajstić information content (AvgIpc) is 2.42. The van der Waals surface area contributed by atoms with Crippen molar-refractivity contribution in [2.45, 2.75) is 11.8 Å². The Labute approximate surface area is 137 Å². The van der Waals surface area contributed by atoms with E-state index in [1.165, 1.54) is 30.3 Å². The second-order valence-electron chi connectivity index (χ2n) is 4.50. The molecule has 0 spiro atoms. The van der Waals surface area contributed by atoms with Gasteiger partial charge in [-0.25, -0.2) is 8.42 Å². The zero-order chi connectivity index (χ0) is 16.5. The van der Waals surface area contributed by atoms with Crippen LogP contribution in [-0.2, 0) is 10.0 Å². The maximum Gasteiger partial charge on any atom is 0.262 e. The summed E-state index contributed by atoms with van der Waals surface area (Å²) in [7, 11) is -4.02. The SMILES string of the molecule is Cc1ccc(C(=O)[O-])cc1S(=O)(=O)Nc1cc(Cl)ccc1Cl. The van der Waals surface area contributed by atoms with Crippen LogP contribution < -0.4 is 9.83 Å². The van der Waals surface area contributed by atoms with Gasteiger partial charge in [0, 0.05) is 5.02 Å². The largest absolute Gasteiger partial charge is 0.545 e. The predicted octanol–water partition coefficient (Wildman–Crippen LogP) is 2.47. The number of carboxylic acid groups (broad SMARTS) is 1. The van der Waals surface area contributed by atoms with Gasteiger partial charge in [-0.05, 0) is 42.3 Å². The second kappa shape index (κ2) is 6.16. The maximum atomic E-state index is 12.4. The minimum absolute atomic E-state index is 0.104. The van der Waals surface area contributed by atoms with Gasteiger partial charge in [0.15, 0.2) is 0 Å². The van der Waals surface area contributed by atoms with E-state index in [0.29, 0.717) is 10.6 Å². The molecule has 0 saturated carbocycles. The Hall–Kier alpha value is -1.76. The van der Waals surface area contributed by atoms with Gasteiger partial charge in [-0.15, -0.1) is 0 Å². The molecule has 0 radical (unpaired) electrons. The number of nitrogens with one attached hydrogen (secondary N) is 1. The second-order valence-corrected chi connectivity index (χ2v) is 6.99. The zero-order valence-corrected chi connectivity index (χ0v) is 13.6. The number of aryl methyl sites for hydroxylation is 1. The van der Waals surface area contributed by atoms with Gasteiger partial charge in [0.2, 0.25) is 0 Å². The molecule has 0 aliphatic carbocycles. The molecule has 116 valence electrons. The third kappa shape index (κ3) is 3.52. The van der Waals surface area contributed by atoms with E-state index in [0.717, 1.165) is 6.07 Å². The molecule has 0 bridgehead atoms. The first-order chi connectivity index (χ1) is 10.2. The van der Waals surface area contributed by atoms with Crippen LogP contribution in [0, 0.1) is 6.92 Å². The lowest BCUT2D eigenvalue weighted by molar-refractivity contribution is -0.255. The van der Waals surface area contributed by atoms with Crippen LogP contribution in [0.5, 0.6) is 0 Å². The fourth-order valence-corrected chi connectivity index (χ4v) is 3.53. The number of hydrogen-bond acceptors (Lipinski definition) is 4.